The summed E-state index contributed by atoms with van der Waals surface area (Å²) in [6.45, 7) is 1.31. The average molecular weight is 175 g/mol. The largest absolute Gasteiger partial charge is 0.314 e. The van der Waals surface area contributed by atoms with Gasteiger partial charge in [-0.25, -0.2) is 4.98 Å². The van der Waals surface area contributed by atoms with Crippen molar-refractivity contribution in [2.24, 2.45) is 0 Å². The Bertz CT molecular complexity index is 388. The molecule has 0 saturated heterocycles. The number of H-pyrrole nitrogens is 1. The lowest BCUT2D eigenvalue weighted by molar-refractivity contribution is -0.114. The maximum absolute atomic E-state index is 10.6. The molecule has 2 N–H and O–H groups in total. The van der Waals surface area contributed by atoms with Crippen molar-refractivity contribution in [2.75, 3.05) is 5.32 Å². The first kappa shape index (κ1) is 8.75. The number of nitriles is 2. The Morgan fingerprint density at radius 2 is 2.23 bits per heavy atom. The Balaban J connectivity index is 3.03. The fourth-order valence-corrected chi connectivity index (χ4v) is 0.761. The lowest BCUT2D eigenvalue weighted by atomic mass is 10.4. The molecular weight excluding hydrogens is 170 g/mol. The number of amides is 1. The molecule has 1 amide bonds. The molecule has 0 atom stereocenters. The Hall–Kier alpha value is -2.34. The maximum Gasteiger partial charge on any atom is 0.223 e. The normalized spacial score (nSPS) is 8.54. The van der Waals surface area contributed by atoms with Crippen molar-refractivity contribution >= 4 is 11.9 Å². The highest BCUT2D eigenvalue weighted by Gasteiger charge is 2.09. The van der Waals surface area contributed by atoms with Crippen LogP contribution in [0.25, 0.3) is 0 Å². The molecule has 1 aromatic rings. The summed E-state index contributed by atoms with van der Waals surface area (Å²) in [4.78, 5) is 16.7. The zero-order chi connectivity index (χ0) is 9.84. The number of rotatable bonds is 1. The third-order valence-electron chi connectivity index (χ3n) is 1.22. The van der Waals surface area contributed by atoms with E-state index in [0.717, 1.165) is 0 Å². The molecular formula is C7H5N5O. The van der Waals surface area contributed by atoms with E-state index >= 15 is 0 Å². The summed E-state index contributed by atoms with van der Waals surface area (Å²) in [5.74, 6) is -0.205. The molecule has 0 unspecified atom stereocenters. The number of imidazole rings is 1. The van der Waals surface area contributed by atoms with Crippen LogP contribution in [0.15, 0.2) is 0 Å². The standard InChI is InChI=1S/C7H5N5O/c1-4(13)10-7-11-5(2-8)6(3-9)12-7/h1H3,(H2,10,11,12,13). The van der Waals surface area contributed by atoms with Gasteiger partial charge in [0.15, 0.2) is 11.4 Å². The van der Waals surface area contributed by atoms with E-state index in [-0.39, 0.29) is 23.2 Å². The zero-order valence-electron chi connectivity index (χ0n) is 6.75. The van der Waals surface area contributed by atoms with E-state index in [1.807, 2.05) is 0 Å². The van der Waals surface area contributed by atoms with Gasteiger partial charge in [-0.05, 0) is 0 Å². The summed E-state index contributed by atoms with van der Waals surface area (Å²) in [7, 11) is 0. The van der Waals surface area contributed by atoms with Crippen molar-refractivity contribution in [2.45, 2.75) is 6.92 Å². The number of carbonyl (C=O) groups excluding carboxylic acids is 1. The number of hydrogen-bond acceptors (Lipinski definition) is 4. The molecule has 0 saturated carbocycles. The summed E-state index contributed by atoms with van der Waals surface area (Å²) in [6, 6.07) is 3.47. The van der Waals surface area contributed by atoms with E-state index in [9.17, 15) is 4.79 Å². The molecule has 6 nitrogen and oxygen atoms in total. The molecule has 0 fully saturated rings. The SMILES string of the molecule is CC(=O)Nc1nc(C#N)c(C#N)[nH]1. The minimum atomic E-state index is -0.317. The molecule has 0 spiro atoms. The minimum Gasteiger partial charge on any atom is -0.314 e. The molecule has 0 bridgehead atoms. The van der Waals surface area contributed by atoms with Gasteiger partial charge in [0.2, 0.25) is 11.9 Å². The van der Waals surface area contributed by atoms with Crippen molar-refractivity contribution in [1.29, 1.82) is 10.5 Å². The first-order valence-electron chi connectivity index (χ1n) is 3.35. The monoisotopic (exact) mass is 175 g/mol. The number of nitrogens with zero attached hydrogens (tertiary/aromatic N) is 3. The van der Waals surface area contributed by atoms with Gasteiger partial charge >= 0.3 is 0 Å². The molecule has 0 aromatic carbocycles. The van der Waals surface area contributed by atoms with Crippen LogP contribution in [-0.4, -0.2) is 15.9 Å². The van der Waals surface area contributed by atoms with Crippen LogP contribution < -0.4 is 5.32 Å². The van der Waals surface area contributed by atoms with Gasteiger partial charge in [-0.15, -0.1) is 0 Å². The van der Waals surface area contributed by atoms with Crippen LogP contribution in [0.3, 0.4) is 0 Å². The Labute approximate surface area is 73.8 Å². The molecule has 0 radical (unpaired) electrons. The second kappa shape index (κ2) is 3.37. The Morgan fingerprint density at radius 1 is 1.54 bits per heavy atom. The van der Waals surface area contributed by atoms with Crippen molar-refractivity contribution in [3.8, 4) is 12.1 Å². The summed E-state index contributed by atoms with van der Waals surface area (Å²) >= 11 is 0. The molecule has 6 heteroatoms. The topological polar surface area (TPSA) is 105 Å². The van der Waals surface area contributed by atoms with Crippen LogP contribution in [0.4, 0.5) is 5.95 Å². The fraction of sp³-hybridized carbons (Fsp3) is 0.143. The van der Waals surface area contributed by atoms with Gasteiger partial charge in [-0.2, -0.15) is 10.5 Å². The highest BCUT2D eigenvalue weighted by molar-refractivity contribution is 5.86. The van der Waals surface area contributed by atoms with Crippen LogP contribution in [-0.2, 0) is 4.79 Å². The van der Waals surface area contributed by atoms with E-state index in [1.165, 1.54) is 6.92 Å². The van der Waals surface area contributed by atoms with Crippen LogP contribution in [0.5, 0.6) is 0 Å². The highest BCUT2D eigenvalue weighted by Crippen LogP contribution is 2.07. The summed E-state index contributed by atoms with van der Waals surface area (Å²) in [5, 5.41) is 19.3. The van der Waals surface area contributed by atoms with E-state index in [4.69, 9.17) is 10.5 Å². The Kier molecular flexibility index (Phi) is 2.27. The van der Waals surface area contributed by atoms with Crippen molar-refractivity contribution < 1.29 is 4.79 Å². The van der Waals surface area contributed by atoms with E-state index < -0.39 is 0 Å². The number of hydrogen-bond donors (Lipinski definition) is 2. The van der Waals surface area contributed by atoms with Crippen LogP contribution in [0.1, 0.15) is 18.3 Å². The molecule has 1 aromatic heterocycles. The molecule has 0 aliphatic heterocycles. The molecule has 0 aliphatic carbocycles. The molecule has 1 rings (SSSR count). The lowest BCUT2D eigenvalue weighted by Crippen LogP contribution is -2.06. The first-order chi connectivity index (χ1) is 6.17. The van der Waals surface area contributed by atoms with E-state index in [2.05, 4.69) is 15.3 Å². The van der Waals surface area contributed by atoms with Gasteiger partial charge in [0.05, 0.1) is 0 Å². The quantitative estimate of drug-likeness (QED) is 0.631. The maximum atomic E-state index is 10.6. The summed E-state index contributed by atoms with van der Waals surface area (Å²) in [6.07, 6.45) is 0. The predicted molar refractivity (Wildman–Crippen MR) is 42.3 cm³/mol. The van der Waals surface area contributed by atoms with Gasteiger partial charge in [0, 0.05) is 6.92 Å². The number of aromatic nitrogens is 2. The number of carbonyl (C=O) groups is 1. The van der Waals surface area contributed by atoms with Gasteiger partial charge in [-0.1, -0.05) is 0 Å². The van der Waals surface area contributed by atoms with Crippen LogP contribution in [0.2, 0.25) is 0 Å². The zero-order valence-corrected chi connectivity index (χ0v) is 6.75. The predicted octanol–water partition coefficient (Wildman–Crippen LogP) is 0.111. The molecule has 64 valence electrons. The average Bonchev–Trinajstić information content (AvgIpc) is 2.45. The van der Waals surface area contributed by atoms with Crippen LogP contribution >= 0.6 is 0 Å². The van der Waals surface area contributed by atoms with Gasteiger partial charge in [-0.3, -0.25) is 10.1 Å². The third kappa shape index (κ3) is 1.82. The minimum absolute atomic E-state index is 0.0220. The molecule has 1 heterocycles. The van der Waals surface area contributed by atoms with Crippen molar-refractivity contribution in [3.63, 3.8) is 0 Å². The van der Waals surface area contributed by atoms with Gasteiger partial charge in [0.25, 0.3) is 0 Å². The highest BCUT2D eigenvalue weighted by atomic mass is 16.1. The summed E-state index contributed by atoms with van der Waals surface area (Å²) in [5.41, 5.74) is 0.0255. The summed E-state index contributed by atoms with van der Waals surface area (Å²) < 4.78 is 0. The number of nitrogens with one attached hydrogen (secondary N) is 2. The third-order valence-corrected chi connectivity index (χ3v) is 1.22. The Morgan fingerprint density at radius 3 is 2.62 bits per heavy atom. The van der Waals surface area contributed by atoms with Gasteiger partial charge in [0.1, 0.15) is 12.1 Å². The van der Waals surface area contributed by atoms with E-state index in [0.29, 0.717) is 0 Å². The fourth-order valence-electron chi connectivity index (χ4n) is 0.761. The van der Waals surface area contributed by atoms with E-state index in [1.54, 1.807) is 12.1 Å². The van der Waals surface area contributed by atoms with Crippen molar-refractivity contribution in [3.05, 3.63) is 11.4 Å². The smallest absolute Gasteiger partial charge is 0.223 e. The number of aromatic amines is 1. The lowest BCUT2D eigenvalue weighted by Gasteiger charge is -1.92. The van der Waals surface area contributed by atoms with Crippen LogP contribution in [0, 0.1) is 22.7 Å². The van der Waals surface area contributed by atoms with Gasteiger partial charge < -0.3 is 4.98 Å². The second-order valence-corrected chi connectivity index (χ2v) is 2.21. The molecule has 0 aliphatic rings. The van der Waals surface area contributed by atoms with Crippen molar-refractivity contribution in [1.82, 2.24) is 9.97 Å². The second-order valence-electron chi connectivity index (χ2n) is 2.21. The molecule has 13 heavy (non-hydrogen) atoms. The first-order valence-corrected chi connectivity index (χ1v) is 3.35. The number of anilines is 1.